The number of aryl methyl sites for hydroxylation is 2. The molecule has 0 amide bonds. The number of aromatic nitrogens is 2. The molecular weight excluding hydrogens is 575 g/mol. The van der Waals surface area contributed by atoms with Crippen LogP contribution in [-0.4, -0.2) is 19.6 Å². The minimum atomic E-state index is -0.385. The molecule has 1 aliphatic rings. The van der Waals surface area contributed by atoms with Gasteiger partial charge in [0.15, 0.2) is 5.11 Å². The van der Waals surface area contributed by atoms with E-state index in [4.69, 9.17) is 17.2 Å². The molecule has 0 spiro atoms. The van der Waals surface area contributed by atoms with E-state index in [2.05, 4.69) is 91.0 Å². The van der Waals surface area contributed by atoms with Gasteiger partial charge in [-0.25, -0.2) is 0 Å². The van der Waals surface area contributed by atoms with E-state index in [9.17, 15) is 10.1 Å². The van der Waals surface area contributed by atoms with E-state index in [1.807, 2.05) is 24.4 Å². The van der Waals surface area contributed by atoms with Crippen molar-refractivity contribution in [1.82, 2.24) is 14.9 Å². The number of anilines is 1. The highest BCUT2D eigenvalue weighted by atomic mass is 32.2. The summed E-state index contributed by atoms with van der Waals surface area (Å²) < 4.78 is 2.34. The number of hydrogen-bond donors (Lipinski definition) is 1. The molecule has 6 rings (SSSR count). The first-order valence-corrected chi connectivity index (χ1v) is 15.2. The van der Waals surface area contributed by atoms with Crippen molar-refractivity contribution in [3.05, 3.63) is 141 Å². The van der Waals surface area contributed by atoms with Gasteiger partial charge in [0.05, 0.1) is 22.7 Å². The first-order valence-electron chi connectivity index (χ1n) is 14.0. The molecule has 9 heteroatoms. The summed E-state index contributed by atoms with van der Waals surface area (Å²) >= 11 is 7.54. The lowest BCUT2D eigenvalue weighted by atomic mass is 9.96. The fourth-order valence-electron chi connectivity index (χ4n) is 5.83. The van der Waals surface area contributed by atoms with Gasteiger partial charge in [-0.2, -0.15) is 0 Å². The van der Waals surface area contributed by atoms with E-state index in [0.717, 1.165) is 26.9 Å². The lowest BCUT2D eigenvalue weighted by Crippen LogP contribution is -2.29. The lowest BCUT2D eigenvalue weighted by molar-refractivity contribution is -0.384. The summed E-state index contributed by atoms with van der Waals surface area (Å²) in [6.07, 6.45) is 1.82. The second-order valence-electron chi connectivity index (χ2n) is 10.7. The Balaban J connectivity index is 1.39. The van der Waals surface area contributed by atoms with Crippen molar-refractivity contribution >= 4 is 40.5 Å². The van der Waals surface area contributed by atoms with Crippen molar-refractivity contribution in [2.45, 2.75) is 49.6 Å². The molecule has 2 atom stereocenters. The summed E-state index contributed by atoms with van der Waals surface area (Å²) in [7, 11) is 0. The molecule has 3 aromatic carbocycles. The predicted molar refractivity (Wildman–Crippen MR) is 176 cm³/mol. The third kappa shape index (κ3) is 5.42. The van der Waals surface area contributed by atoms with Crippen LogP contribution in [0.2, 0.25) is 0 Å². The van der Waals surface area contributed by atoms with Crippen LogP contribution in [0.1, 0.15) is 45.9 Å². The molecule has 0 radical (unpaired) electrons. The number of nitro benzene ring substituents is 1. The van der Waals surface area contributed by atoms with Gasteiger partial charge < -0.3 is 14.8 Å². The van der Waals surface area contributed by atoms with Gasteiger partial charge >= 0.3 is 0 Å². The van der Waals surface area contributed by atoms with Gasteiger partial charge in [-0.3, -0.25) is 15.1 Å². The Morgan fingerprint density at radius 1 is 0.907 bits per heavy atom. The normalized spacial score (nSPS) is 16.4. The highest BCUT2D eigenvalue weighted by Gasteiger charge is 2.42. The summed E-state index contributed by atoms with van der Waals surface area (Å²) in [6, 6.07) is 29.3. The highest BCUT2D eigenvalue weighted by Crippen LogP contribution is 2.44. The smallest absolute Gasteiger partial charge is 0.269 e. The van der Waals surface area contributed by atoms with Crippen LogP contribution in [0.5, 0.6) is 0 Å². The number of nitrogens with zero attached hydrogens (tertiary/aromatic N) is 4. The number of non-ortho nitro benzene ring substituents is 1. The Morgan fingerprint density at radius 3 is 2.26 bits per heavy atom. The van der Waals surface area contributed by atoms with Crippen LogP contribution in [0.25, 0.3) is 5.69 Å². The van der Waals surface area contributed by atoms with E-state index in [1.54, 1.807) is 23.9 Å². The van der Waals surface area contributed by atoms with Gasteiger partial charge in [-0.15, -0.1) is 0 Å². The molecule has 3 heterocycles. The van der Waals surface area contributed by atoms with Gasteiger partial charge in [-0.05, 0) is 117 Å². The van der Waals surface area contributed by atoms with Crippen molar-refractivity contribution in [3.63, 3.8) is 0 Å². The topological polar surface area (TPSA) is 76.2 Å². The average Bonchev–Trinajstić information content (AvgIpc) is 3.50. The summed E-state index contributed by atoms with van der Waals surface area (Å²) in [5, 5.41) is 15.2. The SMILES string of the molecule is Cc1cccc(-n2c(C)cc([C@@H]3[C@H](c4ccccn4)NC(=S)N3c3ccc(Sc4ccc([N+](=O)[O-])cc4)cc3)c2C)c1C. The predicted octanol–water partition coefficient (Wildman–Crippen LogP) is 8.34. The second kappa shape index (κ2) is 11.7. The Kier molecular flexibility index (Phi) is 7.77. The van der Waals surface area contributed by atoms with E-state index >= 15 is 0 Å². The maximum Gasteiger partial charge on any atom is 0.269 e. The number of rotatable bonds is 7. The Bertz CT molecular complexity index is 1820. The molecule has 2 aromatic heterocycles. The monoisotopic (exact) mass is 605 g/mol. The van der Waals surface area contributed by atoms with Crippen LogP contribution in [0.15, 0.2) is 107 Å². The molecule has 0 saturated carbocycles. The molecule has 1 aliphatic heterocycles. The average molecular weight is 606 g/mol. The minimum Gasteiger partial charge on any atom is -0.351 e. The van der Waals surface area contributed by atoms with Gasteiger partial charge in [0, 0.05) is 50.9 Å². The van der Waals surface area contributed by atoms with E-state index in [0.29, 0.717) is 5.11 Å². The molecule has 0 aliphatic carbocycles. The van der Waals surface area contributed by atoms with Gasteiger partial charge in [0.2, 0.25) is 0 Å². The Labute approximate surface area is 260 Å². The summed E-state index contributed by atoms with van der Waals surface area (Å²) in [4.78, 5) is 19.5. The van der Waals surface area contributed by atoms with Gasteiger partial charge in [0.25, 0.3) is 5.69 Å². The van der Waals surface area contributed by atoms with Crippen molar-refractivity contribution in [3.8, 4) is 5.69 Å². The van der Waals surface area contributed by atoms with Crippen LogP contribution in [0.4, 0.5) is 11.4 Å². The van der Waals surface area contributed by atoms with Crippen LogP contribution in [-0.2, 0) is 0 Å². The first kappa shape index (κ1) is 28.6. The van der Waals surface area contributed by atoms with Crippen LogP contribution < -0.4 is 10.2 Å². The highest BCUT2D eigenvalue weighted by molar-refractivity contribution is 7.99. The minimum absolute atomic E-state index is 0.0835. The number of hydrogen-bond acceptors (Lipinski definition) is 5. The zero-order valence-electron chi connectivity index (χ0n) is 24.3. The molecular formula is C34H31N5O2S2. The molecule has 1 fully saturated rings. The number of benzene rings is 3. The van der Waals surface area contributed by atoms with E-state index in [1.165, 1.54) is 40.2 Å². The fraction of sp³-hybridized carbons (Fsp3) is 0.176. The zero-order valence-corrected chi connectivity index (χ0v) is 25.9. The maximum absolute atomic E-state index is 11.0. The zero-order chi connectivity index (χ0) is 30.2. The van der Waals surface area contributed by atoms with Crippen molar-refractivity contribution in [2.24, 2.45) is 0 Å². The summed E-state index contributed by atoms with van der Waals surface area (Å²) in [5.41, 5.74) is 9.21. The van der Waals surface area contributed by atoms with Crippen molar-refractivity contribution in [1.29, 1.82) is 0 Å². The maximum atomic E-state index is 11.0. The number of pyridine rings is 1. The van der Waals surface area contributed by atoms with Crippen LogP contribution in [0.3, 0.4) is 0 Å². The van der Waals surface area contributed by atoms with Crippen LogP contribution >= 0.6 is 24.0 Å². The fourth-order valence-corrected chi connectivity index (χ4v) is 6.99. The molecule has 7 nitrogen and oxygen atoms in total. The molecule has 43 heavy (non-hydrogen) atoms. The first-order chi connectivity index (χ1) is 20.7. The lowest BCUT2D eigenvalue weighted by Gasteiger charge is -2.28. The number of nitro groups is 1. The summed E-state index contributed by atoms with van der Waals surface area (Å²) in [5.74, 6) is 0. The molecule has 1 N–H and O–H groups in total. The Morgan fingerprint density at radius 2 is 1.60 bits per heavy atom. The largest absolute Gasteiger partial charge is 0.351 e. The standard InChI is InChI=1S/C34H31N5O2S2/c1-21-8-7-10-31(23(21)3)37-22(2)20-29(24(37)4)33-32(30-9-5-6-19-35-30)36-34(42)38(33)25-11-15-27(16-12-25)43-28-17-13-26(14-18-28)39(40)41/h5-20,32-33H,1-4H3,(H,36,42)/t32-,33+/m0/s1. The Hall–Kier alpha value is -4.47. The molecule has 5 aromatic rings. The number of nitrogens with one attached hydrogen (secondary N) is 1. The number of thiocarbonyl (C=S) groups is 1. The molecule has 216 valence electrons. The third-order valence-corrected chi connectivity index (χ3v) is 9.43. The van der Waals surface area contributed by atoms with Crippen molar-refractivity contribution in [2.75, 3.05) is 4.90 Å². The summed E-state index contributed by atoms with van der Waals surface area (Å²) in [6.45, 7) is 8.66. The van der Waals surface area contributed by atoms with Crippen LogP contribution in [0, 0.1) is 37.8 Å². The quantitative estimate of drug-likeness (QED) is 0.114. The van der Waals surface area contributed by atoms with Gasteiger partial charge in [0.1, 0.15) is 0 Å². The van der Waals surface area contributed by atoms with E-state index in [-0.39, 0.29) is 22.7 Å². The molecule has 0 unspecified atom stereocenters. The van der Waals surface area contributed by atoms with Crippen molar-refractivity contribution < 1.29 is 4.92 Å². The third-order valence-electron chi connectivity index (χ3n) is 8.10. The molecule has 1 saturated heterocycles. The van der Waals surface area contributed by atoms with Gasteiger partial charge in [-0.1, -0.05) is 30.0 Å². The van der Waals surface area contributed by atoms with E-state index < -0.39 is 0 Å². The second-order valence-corrected chi connectivity index (χ2v) is 12.3. The molecule has 0 bridgehead atoms.